The van der Waals surface area contributed by atoms with E-state index in [2.05, 4.69) is 25.2 Å². The molecule has 0 aromatic heterocycles. The standard InChI is InChI=1S/C16H30O5Si2/c1-18-23(19-2,20-3)12-6-11-21-16-9-7-15(8-10-16)13-22(4,5)14-17/h7-10,17H,6,11-14H2,1-5H3. The summed E-state index contributed by atoms with van der Waals surface area (Å²) in [5, 5.41) is 9.39. The van der Waals surface area contributed by atoms with Gasteiger partial charge in [0.05, 0.1) is 14.7 Å². The zero-order chi connectivity index (χ0) is 17.3. The van der Waals surface area contributed by atoms with Crippen molar-refractivity contribution in [2.24, 2.45) is 0 Å². The lowest BCUT2D eigenvalue weighted by molar-refractivity contribution is 0.121. The summed E-state index contributed by atoms with van der Waals surface area (Å²) in [4.78, 5) is 0. The van der Waals surface area contributed by atoms with Crippen molar-refractivity contribution in [2.75, 3.05) is 34.2 Å². The molecule has 1 aromatic carbocycles. The highest BCUT2D eigenvalue weighted by Gasteiger charge is 2.36. The van der Waals surface area contributed by atoms with Crippen LogP contribution in [0.4, 0.5) is 0 Å². The van der Waals surface area contributed by atoms with Crippen molar-refractivity contribution < 1.29 is 23.1 Å². The Bertz CT molecular complexity index is 438. The van der Waals surface area contributed by atoms with Crippen LogP contribution in [-0.4, -0.2) is 56.2 Å². The molecule has 0 spiro atoms. The minimum atomic E-state index is -2.49. The largest absolute Gasteiger partial charge is 0.500 e. The third kappa shape index (κ3) is 6.74. The second-order valence-corrected chi connectivity index (χ2v) is 14.5. The van der Waals surface area contributed by atoms with E-state index in [4.69, 9.17) is 18.0 Å². The van der Waals surface area contributed by atoms with Crippen molar-refractivity contribution in [1.29, 1.82) is 0 Å². The Kier molecular flexibility index (Phi) is 8.45. The summed E-state index contributed by atoms with van der Waals surface area (Å²) >= 11 is 0. The van der Waals surface area contributed by atoms with Gasteiger partial charge in [0.1, 0.15) is 5.75 Å². The topological polar surface area (TPSA) is 57.2 Å². The van der Waals surface area contributed by atoms with Gasteiger partial charge in [0.25, 0.3) is 0 Å². The first-order valence-electron chi connectivity index (χ1n) is 7.88. The number of aliphatic hydroxyl groups is 1. The van der Waals surface area contributed by atoms with Crippen LogP contribution in [-0.2, 0) is 19.3 Å². The minimum absolute atomic E-state index is 0.315. The first-order valence-corrected chi connectivity index (χ1v) is 13.2. The average Bonchev–Trinajstić information content (AvgIpc) is 2.57. The van der Waals surface area contributed by atoms with Crippen molar-refractivity contribution in [1.82, 2.24) is 0 Å². The van der Waals surface area contributed by atoms with E-state index in [0.717, 1.165) is 24.3 Å². The van der Waals surface area contributed by atoms with Crippen molar-refractivity contribution in [3.8, 4) is 5.75 Å². The molecule has 5 nitrogen and oxygen atoms in total. The summed E-state index contributed by atoms with van der Waals surface area (Å²) in [5.41, 5.74) is 1.26. The zero-order valence-corrected chi connectivity index (χ0v) is 16.9. The molecule has 7 heteroatoms. The molecule has 0 aliphatic heterocycles. The molecule has 0 radical (unpaired) electrons. The van der Waals surface area contributed by atoms with Gasteiger partial charge in [0.2, 0.25) is 0 Å². The third-order valence-corrected chi connectivity index (χ3v) is 8.92. The van der Waals surface area contributed by atoms with Gasteiger partial charge in [-0.25, -0.2) is 0 Å². The maximum Gasteiger partial charge on any atom is 0.500 e. The molecule has 1 N–H and O–H groups in total. The summed E-state index contributed by atoms with van der Waals surface area (Å²) in [5.74, 6) is 0.858. The number of rotatable bonds is 11. The number of hydrogen-bond donors (Lipinski definition) is 1. The highest BCUT2D eigenvalue weighted by Crippen LogP contribution is 2.18. The van der Waals surface area contributed by atoms with Gasteiger partial charge in [-0.2, -0.15) is 0 Å². The van der Waals surface area contributed by atoms with Gasteiger partial charge in [0.15, 0.2) is 0 Å². The van der Waals surface area contributed by atoms with Crippen LogP contribution in [0.15, 0.2) is 24.3 Å². The van der Waals surface area contributed by atoms with Crippen LogP contribution < -0.4 is 4.74 Å². The second kappa shape index (κ2) is 9.56. The second-order valence-electron chi connectivity index (χ2n) is 6.39. The molecular weight excluding hydrogens is 328 g/mol. The Balaban J connectivity index is 2.42. The predicted molar refractivity (Wildman–Crippen MR) is 96.4 cm³/mol. The number of benzene rings is 1. The monoisotopic (exact) mass is 358 g/mol. The molecule has 0 heterocycles. The quantitative estimate of drug-likeness (QED) is 0.487. The van der Waals surface area contributed by atoms with Crippen LogP contribution in [0, 0.1) is 0 Å². The van der Waals surface area contributed by atoms with Crippen LogP contribution in [0.25, 0.3) is 0 Å². The Labute approximate surface area is 141 Å². The fourth-order valence-corrected chi connectivity index (χ4v) is 5.49. The van der Waals surface area contributed by atoms with Crippen LogP contribution in [0.5, 0.6) is 5.75 Å². The van der Waals surface area contributed by atoms with Gasteiger partial charge in [-0.1, -0.05) is 30.8 Å². The molecule has 0 fully saturated rings. The summed E-state index contributed by atoms with van der Waals surface area (Å²) < 4.78 is 21.9. The van der Waals surface area contributed by atoms with E-state index >= 15 is 0 Å². The van der Waals surface area contributed by atoms with Gasteiger partial charge in [-0.3, -0.25) is 0 Å². The maximum absolute atomic E-state index is 9.39. The molecule has 1 rings (SSSR count). The molecule has 132 valence electrons. The van der Waals surface area contributed by atoms with Crippen molar-refractivity contribution >= 4 is 16.9 Å². The van der Waals surface area contributed by atoms with Crippen LogP contribution in [0.3, 0.4) is 0 Å². The van der Waals surface area contributed by atoms with Crippen LogP contribution in [0.1, 0.15) is 12.0 Å². The van der Waals surface area contributed by atoms with Crippen LogP contribution in [0.2, 0.25) is 19.1 Å². The van der Waals surface area contributed by atoms with E-state index < -0.39 is 16.9 Å². The van der Waals surface area contributed by atoms with Gasteiger partial charge in [-0.05, 0) is 24.6 Å². The Hall–Kier alpha value is -0.706. The average molecular weight is 359 g/mol. The fraction of sp³-hybridized carbons (Fsp3) is 0.625. The molecule has 0 aliphatic carbocycles. The summed E-state index contributed by atoms with van der Waals surface area (Å²) in [7, 11) is 0.846. The molecule has 23 heavy (non-hydrogen) atoms. The Morgan fingerprint density at radius 3 is 2.00 bits per heavy atom. The molecule has 0 saturated heterocycles. The van der Waals surface area contributed by atoms with Gasteiger partial charge in [0, 0.05) is 33.6 Å². The summed E-state index contributed by atoms with van der Waals surface area (Å²) in [6, 6.07) is 9.85. The Morgan fingerprint density at radius 1 is 0.957 bits per heavy atom. The van der Waals surface area contributed by atoms with E-state index in [1.54, 1.807) is 21.3 Å². The van der Waals surface area contributed by atoms with E-state index in [-0.39, 0.29) is 0 Å². The van der Waals surface area contributed by atoms with E-state index in [1.807, 2.05) is 12.1 Å². The smallest absolute Gasteiger partial charge is 0.494 e. The molecule has 1 aromatic rings. The first kappa shape index (κ1) is 20.3. The summed E-state index contributed by atoms with van der Waals surface area (Å²) in [6.45, 7) is 4.98. The van der Waals surface area contributed by atoms with Crippen molar-refractivity contribution in [2.45, 2.75) is 31.6 Å². The lowest BCUT2D eigenvalue weighted by Gasteiger charge is -2.24. The Morgan fingerprint density at radius 2 is 1.52 bits per heavy atom. The normalized spacial score (nSPS) is 12.4. The molecule has 0 amide bonds. The molecule has 0 unspecified atom stereocenters. The number of ether oxygens (including phenoxy) is 1. The SMILES string of the molecule is CO[Si](CCCOc1ccc(C[Si](C)(C)CO)cc1)(OC)OC. The van der Waals surface area contributed by atoms with Gasteiger partial charge < -0.3 is 23.1 Å². The molecule has 0 saturated carbocycles. The molecule has 0 atom stereocenters. The molecule has 0 aliphatic rings. The van der Waals surface area contributed by atoms with Crippen molar-refractivity contribution in [3.63, 3.8) is 0 Å². The maximum atomic E-state index is 9.39. The minimum Gasteiger partial charge on any atom is -0.494 e. The molecule has 0 bridgehead atoms. The lowest BCUT2D eigenvalue weighted by atomic mass is 10.2. The van der Waals surface area contributed by atoms with E-state index in [1.165, 1.54) is 5.56 Å². The third-order valence-electron chi connectivity index (χ3n) is 3.86. The van der Waals surface area contributed by atoms with Crippen molar-refractivity contribution in [3.05, 3.63) is 29.8 Å². The highest BCUT2D eigenvalue weighted by molar-refractivity contribution is 6.76. The fourth-order valence-electron chi connectivity index (χ4n) is 2.35. The van der Waals surface area contributed by atoms with Gasteiger partial charge >= 0.3 is 8.80 Å². The van der Waals surface area contributed by atoms with E-state index in [9.17, 15) is 5.11 Å². The highest BCUT2D eigenvalue weighted by atomic mass is 28.4. The lowest BCUT2D eigenvalue weighted by Crippen LogP contribution is -2.42. The number of aliphatic hydroxyl groups excluding tert-OH is 1. The predicted octanol–water partition coefficient (Wildman–Crippen LogP) is 2.66. The summed E-state index contributed by atoms with van der Waals surface area (Å²) in [6.07, 6.45) is 1.13. The number of hydrogen-bond acceptors (Lipinski definition) is 5. The zero-order valence-electron chi connectivity index (χ0n) is 14.9. The van der Waals surface area contributed by atoms with Gasteiger partial charge in [-0.15, -0.1) is 0 Å². The van der Waals surface area contributed by atoms with Crippen LogP contribution >= 0.6 is 0 Å². The first-order chi connectivity index (χ1) is 10.9. The van der Waals surface area contributed by atoms with E-state index in [0.29, 0.717) is 12.8 Å². The molecular formula is C16H30O5Si2.